The molecule has 0 bridgehead atoms. The molecule has 0 saturated heterocycles. The fraction of sp³-hybridized carbons (Fsp3) is 0.222. The lowest BCUT2D eigenvalue weighted by Gasteiger charge is -2.12. The number of ketones is 1. The Bertz CT molecular complexity index is 403. The van der Waals surface area contributed by atoms with E-state index in [1.165, 1.54) is 0 Å². The average Bonchev–Trinajstić information content (AvgIpc) is 2.14. The van der Waals surface area contributed by atoms with E-state index in [1.54, 1.807) is 0 Å². The summed E-state index contributed by atoms with van der Waals surface area (Å²) < 4.78 is 52.4. The minimum atomic E-state index is -4.99. The highest BCUT2D eigenvalue weighted by Gasteiger charge is 2.33. The number of halogens is 5. The molecule has 16 heavy (non-hydrogen) atoms. The molecule has 2 nitrogen and oxygen atoms in total. The van der Waals surface area contributed by atoms with Crippen LogP contribution in [-0.2, 0) is 0 Å². The van der Waals surface area contributed by atoms with Gasteiger partial charge in [0.2, 0.25) is 0 Å². The van der Waals surface area contributed by atoms with Crippen molar-refractivity contribution in [1.82, 2.24) is 0 Å². The lowest BCUT2D eigenvalue weighted by molar-refractivity contribution is -0.274. The van der Waals surface area contributed by atoms with Gasteiger partial charge in [0.05, 0.1) is 11.4 Å². The van der Waals surface area contributed by atoms with Crippen LogP contribution in [0.5, 0.6) is 5.75 Å². The number of carbonyl (C=O) groups excluding carboxylic acids is 1. The van der Waals surface area contributed by atoms with Crippen molar-refractivity contribution in [1.29, 1.82) is 0 Å². The van der Waals surface area contributed by atoms with Crippen molar-refractivity contribution in [3.8, 4) is 5.75 Å². The van der Waals surface area contributed by atoms with Crippen LogP contribution in [0.2, 0.25) is 0 Å². The van der Waals surface area contributed by atoms with E-state index >= 15 is 0 Å². The van der Waals surface area contributed by atoms with E-state index < -0.39 is 35.2 Å². The molecule has 0 aromatic heterocycles. The molecule has 0 heterocycles. The third kappa shape index (κ3) is 3.10. The predicted molar refractivity (Wildman–Crippen MR) is 48.1 cm³/mol. The van der Waals surface area contributed by atoms with Crippen LogP contribution in [-0.4, -0.2) is 18.0 Å². The monoisotopic (exact) mass is 256 g/mol. The number of carbonyl (C=O) groups is 1. The summed E-state index contributed by atoms with van der Waals surface area (Å²) in [5.74, 6) is -3.60. The Morgan fingerprint density at radius 3 is 2.50 bits per heavy atom. The normalized spacial score (nSPS) is 11.3. The maximum absolute atomic E-state index is 13.1. The molecule has 0 N–H and O–H groups in total. The summed E-state index contributed by atoms with van der Waals surface area (Å²) in [7, 11) is 0. The van der Waals surface area contributed by atoms with Crippen LogP contribution in [0.4, 0.5) is 17.6 Å². The molecule has 0 aliphatic heterocycles. The quantitative estimate of drug-likeness (QED) is 0.472. The van der Waals surface area contributed by atoms with E-state index in [0.29, 0.717) is 0 Å². The molecule has 0 saturated carbocycles. The van der Waals surface area contributed by atoms with Gasteiger partial charge in [0.1, 0.15) is 11.6 Å². The molecule has 0 amide bonds. The Labute approximate surface area is 92.8 Å². The summed E-state index contributed by atoms with van der Waals surface area (Å²) in [6, 6.07) is 2.70. The van der Waals surface area contributed by atoms with Crippen molar-refractivity contribution in [3.63, 3.8) is 0 Å². The lowest BCUT2D eigenvalue weighted by atomic mass is 10.1. The Morgan fingerprint density at radius 2 is 2.00 bits per heavy atom. The van der Waals surface area contributed by atoms with E-state index in [9.17, 15) is 22.4 Å². The molecule has 0 atom stereocenters. The summed E-state index contributed by atoms with van der Waals surface area (Å²) in [6.45, 7) is 0. The van der Waals surface area contributed by atoms with E-state index in [2.05, 4.69) is 4.74 Å². The molecule has 0 radical (unpaired) electrons. The summed E-state index contributed by atoms with van der Waals surface area (Å²) in [6.07, 6.45) is -4.99. The molecule has 1 rings (SSSR count). The van der Waals surface area contributed by atoms with Gasteiger partial charge in [-0.25, -0.2) is 4.39 Å². The fourth-order valence-corrected chi connectivity index (χ4v) is 1.19. The van der Waals surface area contributed by atoms with Crippen molar-refractivity contribution >= 4 is 17.4 Å². The van der Waals surface area contributed by atoms with Crippen LogP contribution in [0.1, 0.15) is 10.4 Å². The fourth-order valence-electron chi connectivity index (χ4n) is 1.05. The van der Waals surface area contributed by atoms with Crippen molar-refractivity contribution in [2.24, 2.45) is 0 Å². The van der Waals surface area contributed by atoms with Crippen LogP contribution in [0, 0.1) is 5.82 Å². The van der Waals surface area contributed by atoms with E-state index in [4.69, 9.17) is 11.6 Å². The SMILES string of the molecule is O=C(CCl)c1c(F)cccc1OC(F)(F)F. The topological polar surface area (TPSA) is 26.3 Å². The Balaban J connectivity index is 3.18. The second kappa shape index (κ2) is 4.69. The van der Waals surface area contributed by atoms with Crippen LogP contribution < -0.4 is 4.74 Å². The minimum Gasteiger partial charge on any atom is -0.405 e. The zero-order valence-corrected chi connectivity index (χ0v) is 8.40. The highest BCUT2D eigenvalue weighted by atomic mass is 35.5. The van der Waals surface area contributed by atoms with Crippen LogP contribution >= 0.6 is 11.6 Å². The van der Waals surface area contributed by atoms with E-state index in [0.717, 1.165) is 18.2 Å². The van der Waals surface area contributed by atoms with Gasteiger partial charge in [0.25, 0.3) is 0 Å². The van der Waals surface area contributed by atoms with Gasteiger partial charge < -0.3 is 4.74 Å². The Hall–Kier alpha value is -1.30. The van der Waals surface area contributed by atoms with Crippen LogP contribution in [0.3, 0.4) is 0 Å². The first-order chi connectivity index (χ1) is 7.35. The molecule has 7 heteroatoms. The van der Waals surface area contributed by atoms with E-state index in [-0.39, 0.29) is 0 Å². The summed E-state index contributed by atoms with van der Waals surface area (Å²) >= 11 is 5.15. The number of hydrogen-bond donors (Lipinski definition) is 0. The van der Waals surface area contributed by atoms with Crippen LogP contribution in [0.15, 0.2) is 18.2 Å². The molecule has 0 fully saturated rings. The number of hydrogen-bond acceptors (Lipinski definition) is 2. The molecule has 0 aliphatic rings. The van der Waals surface area contributed by atoms with Gasteiger partial charge in [-0.05, 0) is 12.1 Å². The zero-order chi connectivity index (χ0) is 12.3. The average molecular weight is 257 g/mol. The molecule has 88 valence electrons. The Morgan fingerprint density at radius 1 is 1.38 bits per heavy atom. The molecular weight excluding hydrogens is 252 g/mol. The lowest BCUT2D eigenvalue weighted by Crippen LogP contribution is -2.20. The van der Waals surface area contributed by atoms with Gasteiger partial charge in [-0.3, -0.25) is 4.79 Å². The second-order valence-corrected chi connectivity index (χ2v) is 2.98. The molecule has 1 aromatic rings. The maximum Gasteiger partial charge on any atom is 0.573 e. The van der Waals surface area contributed by atoms with Gasteiger partial charge >= 0.3 is 6.36 Å². The van der Waals surface area contributed by atoms with Crippen molar-refractivity contribution in [2.75, 3.05) is 5.88 Å². The first kappa shape index (κ1) is 12.8. The summed E-state index contributed by atoms with van der Waals surface area (Å²) in [5, 5.41) is 0. The van der Waals surface area contributed by atoms with Gasteiger partial charge in [0, 0.05) is 0 Å². The molecule has 0 unspecified atom stereocenters. The second-order valence-electron chi connectivity index (χ2n) is 2.72. The zero-order valence-electron chi connectivity index (χ0n) is 7.65. The maximum atomic E-state index is 13.1. The first-order valence-corrected chi connectivity index (χ1v) is 4.52. The number of rotatable bonds is 3. The van der Waals surface area contributed by atoms with Crippen molar-refractivity contribution in [2.45, 2.75) is 6.36 Å². The number of ether oxygens (including phenoxy) is 1. The van der Waals surface area contributed by atoms with Crippen molar-refractivity contribution < 1.29 is 27.1 Å². The third-order valence-electron chi connectivity index (χ3n) is 1.60. The number of alkyl halides is 4. The van der Waals surface area contributed by atoms with E-state index in [1.807, 2.05) is 0 Å². The van der Waals surface area contributed by atoms with Gasteiger partial charge in [0.15, 0.2) is 5.78 Å². The number of Topliss-reactive ketones (excluding diaryl/α,β-unsaturated/α-hetero) is 1. The molecular formula is C9H5ClF4O2. The van der Waals surface area contributed by atoms with Gasteiger partial charge in [-0.2, -0.15) is 0 Å². The molecule has 1 aromatic carbocycles. The first-order valence-electron chi connectivity index (χ1n) is 3.98. The highest BCUT2D eigenvalue weighted by Crippen LogP contribution is 2.28. The minimum absolute atomic E-state index is 0.630. The van der Waals surface area contributed by atoms with Crippen LogP contribution in [0.25, 0.3) is 0 Å². The largest absolute Gasteiger partial charge is 0.573 e. The molecule has 0 spiro atoms. The standard InChI is InChI=1S/C9H5ClF4O2/c10-4-6(15)8-5(11)2-1-3-7(8)16-9(12,13)14/h1-3H,4H2. The molecule has 0 aliphatic carbocycles. The summed E-state index contributed by atoms with van der Waals surface area (Å²) in [4.78, 5) is 11.1. The Kier molecular flexibility index (Phi) is 3.74. The smallest absolute Gasteiger partial charge is 0.405 e. The van der Waals surface area contributed by atoms with Gasteiger partial charge in [-0.1, -0.05) is 6.07 Å². The highest BCUT2D eigenvalue weighted by molar-refractivity contribution is 6.30. The third-order valence-corrected chi connectivity index (χ3v) is 1.84. The number of benzene rings is 1. The van der Waals surface area contributed by atoms with Gasteiger partial charge in [-0.15, -0.1) is 24.8 Å². The van der Waals surface area contributed by atoms with Crippen molar-refractivity contribution in [3.05, 3.63) is 29.6 Å². The summed E-state index contributed by atoms with van der Waals surface area (Å²) in [5.41, 5.74) is -0.796. The predicted octanol–water partition coefficient (Wildman–Crippen LogP) is 3.15.